The van der Waals surface area contributed by atoms with Crippen LogP contribution in [0, 0.1) is 0 Å². The van der Waals surface area contributed by atoms with Crippen LogP contribution in [0.3, 0.4) is 0 Å². The normalized spacial score (nSPS) is 9.28. The van der Waals surface area contributed by atoms with Crippen molar-refractivity contribution in [3.05, 3.63) is 58.6 Å². The van der Waals surface area contributed by atoms with E-state index < -0.39 is 0 Å². The number of halogens is 1. The van der Waals surface area contributed by atoms with Crippen molar-refractivity contribution in [3.8, 4) is 11.5 Å². The Morgan fingerprint density at radius 3 is 2.33 bits per heavy atom. The fraction of sp³-hybridized carbons (Fsp3) is 0.200. The topological polar surface area (TPSA) is 29.5 Å². The highest BCUT2D eigenvalue weighted by Gasteiger charge is 2.02. The van der Waals surface area contributed by atoms with Gasteiger partial charge in [0, 0.05) is 0 Å². The van der Waals surface area contributed by atoms with Gasteiger partial charge >= 0.3 is 0 Å². The van der Waals surface area contributed by atoms with Gasteiger partial charge in [-0.1, -0.05) is 44.2 Å². The Kier molecular flexibility index (Phi) is 6.29. The van der Waals surface area contributed by atoms with E-state index in [0.717, 1.165) is 15.8 Å². The van der Waals surface area contributed by atoms with Crippen LogP contribution >= 0.6 is 15.9 Å². The quantitative estimate of drug-likeness (QED) is 0.886. The van der Waals surface area contributed by atoms with Crippen molar-refractivity contribution in [2.45, 2.75) is 20.5 Å². The van der Waals surface area contributed by atoms with E-state index in [1.165, 1.54) is 0 Å². The maximum absolute atomic E-state index is 9.24. The Labute approximate surface area is 116 Å². The Balaban J connectivity index is 0.000000771. The van der Waals surface area contributed by atoms with E-state index in [1.807, 2.05) is 44.2 Å². The number of hydrogen-bond donors (Lipinski definition) is 1. The van der Waals surface area contributed by atoms with Crippen LogP contribution in [0.25, 0.3) is 0 Å². The Morgan fingerprint density at radius 2 is 1.72 bits per heavy atom. The zero-order chi connectivity index (χ0) is 13.4. The zero-order valence-electron chi connectivity index (χ0n) is 10.6. The molecule has 0 aromatic heterocycles. The van der Waals surface area contributed by atoms with Crippen LogP contribution in [0.4, 0.5) is 0 Å². The molecule has 0 fully saturated rings. The van der Waals surface area contributed by atoms with Crippen molar-refractivity contribution in [1.29, 1.82) is 0 Å². The predicted molar refractivity (Wildman–Crippen MR) is 77.9 cm³/mol. The van der Waals surface area contributed by atoms with Crippen molar-refractivity contribution in [2.75, 3.05) is 0 Å². The van der Waals surface area contributed by atoms with E-state index in [4.69, 9.17) is 4.74 Å². The monoisotopic (exact) mass is 308 g/mol. The van der Waals surface area contributed by atoms with E-state index >= 15 is 0 Å². The molecule has 18 heavy (non-hydrogen) atoms. The lowest BCUT2D eigenvalue weighted by Crippen LogP contribution is -1.95. The maximum Gasteiger partial charge on any atom is 0.134 e. The average Bonchev–Trinajstić information content (AvgIpc) is 2.41. The molecule has 0 saturated heterocycles. The number of phenolic OH excluding ortho intramolecular Hbond substituents is 1. The largest absolute Gasteiger partial charge is 0.508 e. The summed E-state index contributed by atoms with van der Waals surface area (Å²) < 4.78 is 6.37. The van der Waals surface area contributed by atoms with Crippen LogP contribution in [0.2, 0.25) is 0 Å². The summed E-state index contributed by atoms with van der Waals surface area (Å²) in [6, 6.07) is 14.9. The van der Waals surface area contributed by atoms with E-state index in [-0.39, 0.29) is 5.75 Å². The summed E-state index contributed by atoms with van der Waals surface area (Å²) in [7, 11) is 0. The first kappa shape index (κ1) is 14.6. The summed E-state index contributed by atoms with van der Waals surface area (Å²) in [6.07, 6.45) is 0. The third-order valence-electron chi connectivity index (χ3n) is 2.15. The minimum Gasteiger partial charge on any atom is -0.508 e. The molecule has 1 N–H and O–H groups in total. The molecule has 0 saturated carbocycles. The molecule has 0 amide bonds. The van der Waals surface area contributed by atoms with Gasteiger partial charge < -0.3 is 9.84 Å². The number of hydrogen-bond acceptors (Lipinski definition) is 2. The summed E-state index contributed by atoms with van der Waals surface area (Å²) in [5.74, 6) is 0.945. The van der Waals surface area contributed by atoms with Crippen LogP contribution < -0.4 is 4.74 Å². The zero-order valence-corrected chi connectivity index (χ0v) is 12.1. The molecule has 0 aliphatic carbocycles. The van der Waals surface area contributed by atoms with Crippen molar-refractivity contribution in [2.24, 2.45) is 0 Å². The fourth-order valence-corrected chi connectivity index (χ4v) is 1.82. The van der Waals surface area contributed by atoms with Gasteiger partial charge in [0.1, 0.15) is 18.1 Å². The van der Waals surface area contributed by atoms with Gasteiger partial charge in [-0.25, -0.2) is 0 Å². The van der Waals surface area contributed by atoms with Gasteiger partial charge in [0.2, 0.25) is 0 Å². The van der Waals surface area contributed by atoms with Crippen LogP contribution in [0.1, 0.15) is 19.4 Å². The second-order valence-corrected chi connectivity index (χ2v) is 4.24. The molecule has 2 aromatic carbocycles. The van der Waals surface area contributed by atoms with E-state index in [2.05, 4.69) is 15.9 Å². The molecule has 0 aliphatic rings. The summed E-state index contributed by atoms with van der Waals surface area (Å²) in [5, 5.41) is 9.24. The number of phenols is 1. The van der Waals surface area contributed by atoms with Gasteiger partial charge in [0.15, 0.2) is 0 Å². The van der Waals surface area contributed by atoms with E-state index in [1.54, 1.807) is 18.2 Å². The molecule has 2 aromatic rings. The molecule has 0 spiro atoms. The van der Waals surface area contributed by atoms with Crippen LogP contribution in [0.15, 0.2) is 53.0 Å². The number of aromatic hydroxyl groups is 1. The molecule has 96 valence electrons. The molecule has 2 rings (SSSR count). The standard InChI is InChI=1S/C13H11BrO2.C2H6/c14-12-8-11(15)6-7-13(12)16-9-10-4-2-1-3-5-10;1-2/h1-8,15H,9H2;1-2H3. The van der Waals surface area contributed by atoms with Crippen LogP contribution in [-0.4, -0.2) is 5.11 Å². The smallest absolute Gasteiger partial charge is 0.134 e. The molecular weight excluding hydrogens is 292 g/mol. The fourth-order valence-electron chi connectivity index (χ4n) is 1.34. The minimum absolute atomic E-state index is 0.221. The molecule has 0 radical (unpaired) electrons. The van der Waals surface area contributed by atoms with Crippen molar-refractivity contribution >= 4 is 15.9 Å². The van der Waals surface area contributed by atoms with E-state index in [0.29, 0.717) is 6.61 Å². The van der Waals surface area contributed by atoms with E-state index in [9.17, 15) is 5.11 Å². The van der Waals surface area contributed by atoms with Gasteiger partial charge in [-0.05, 0) is 39.7 Å². The molecule has 3 heteroatoms. The average molecular weight is 309 g/mol. The van der Waals surface area contributed by atoms with Gasteiger partial charge in [-0.3, -0.25) is 0 Å². The third kappa shape index (κ3) is 4.41. The molecule has 0 atom stereocenters. The Morgan fingerprint density at radius 1 is 1.06 bits per heavy atom. The van der Waals surface area contributed by atoms with Crippen molar-refractivity contribution in [1.82, 2.24) is 0 Å². The van der Waals surface area contributed by atoms with Crippen molar-refractivity contribution < 1.29 is 9.84 Å². The highest BCUT2D eigenvalue weighted by Crippen LogP contribution is 2.29. The van der Waals surface area contributed by atoms with Gasteiger partial charge in [-0.2, -0.15) is 0 Å². The molecule has 0 bridgehead atoms. The Hall–Kier alpha value is -1.48. The van der Waals surface area contributed by atoms with Crippen LogP contribution in [0.5, 0.6) is 11.5 Å². The summed E-state index contributed by atoms with van der Waals surface area (Å²) in [6.45, 7) is 4.52. The van der Waals surface area contributed by atoms with Gasteiger partial charge in [-0.15, -0.1) is 0 Å². The highest BCUT2D eigenvalue weighted by atomic mass is 79.9. The van der Waals surface area contributed by atoms with Crippen LogP contribution in [-0.2, 0) is 6.61 Å². The molecule has 0 heterocycles. The number of ether oxygens (including phenoxy) is 1. The SMILES string of the molecule is CC.Oc1ccc(OCc2ccccc2)c(Br)c1. The molecule has 0 aliphatic heterocycles. The predicted octanol–water partition coefficient (Wildman–Crippen LogP) is 4.76. The van der Waals surface area contributed by atoms with Gasteiger partial charge in [0.05, 0.1) is 4.47 Å². The minimum atomic E-state index is 0.221. The first-order valence-corrected chi connectivity index (χ1v) is 6.70. The lowest BCUT2D eigenvalue weighted by Gasteiger charge is -2.08. The Bertz CT molecular complexity index is 469. The molecular formula is C15H17BrO2. The van der Waals surface area contributed by atoms with Crippen molar-refractivity contribution in [3.63, 3.8) is 0 Å². The summed E-state index contributed by atoms with van der Waals surface area (Å²) in [4.78, 5) is 0. The summed E-state index contributed by atoms with van der Waals surface area (Å²) in [5.41, 5.74) is 1.11. The molecule has 0 unspecified atom stereocenters. The lowest BCUT2D eigenvalue weighted by atomic mass is 10.2. The number of benzene rings is 2. The number of rotatable bonds is 3. The highest BCUT2D eigenvalue weighted by molar-refractivity contribution is 9.10. The molecule has 2 nitrogen and oxygen atoms in total. The third-order valence-corrected chi connectivity index (χ3v) is 2.77. The first-order chi connectivity index (χ1) is 8.75. The first-order valence-electron chi connectivity index (χ1n) is 5.91. The second kappa shape index (κ2) is 7.77. The summed E-state index contributed by atoms with van der Waals surface area (Å²) >= 11 is 3.34. The maximum atomic E-state index is 9.24. The second-order valence-electron chi connectivity index (χ2n) is 3.39. The van der Waals surface area contributed by atoms with Gasteiger partial charge in [0.25, 0.3) is 0 Å². The lowest BCUT2D eigenvalue weighted by molar-refractivity contribution is 0.303.